The quantitative estimate of drug-likeness (QED) is 0.702. The van der Waals surface area contributed by atoms with Crippen molar-refractivity contribution in [3.8, 4) is 0 Å². The normalized spacial score (nSPS) is 17.1. The van der Waals surface area contributed by atoms with E-state index in [0.29, 0.717) is 18.0 Å². The van der Waals surface area contributed by atoms with Crippen LogP contribution in [0, 0.1) is 0 Å². The third-order valence-corrected chi connectivity index (χ3v) is 5.35. The van der Waals surface area contributed by atoms with E-state index >= 15 is 0 Å². The van der Waals surface area contributed by atoms with Gasteiger partial charge >= 0.3 is 0 Å². The van der Waals surface area contributed by atoms with Gasteiger partial charge in [-0.3, -0.25) is 4.79 Å². The minimum absolute atomic E-state index is 0.0718. The molecule has 3 aromatic rings. The van der Waals surface area contributed by atoms with Crippen LogP contribution in [0.4, 0.5) is 5.82 Å². The molecular weight excluding hydrogens is 350 g/mol. The molecule has 4 rings (SSSR count). The summed E-state index contributed by atoms with van der Waals surface area (Å²) in [5.74, 6) is 1.35. The maximum absolute atomic E-state index is 12.9. The zero-order valence-corrected chi connectivity index (χ0v) is 15.9. The van der Waals surface area contributed by atoms with Gasteiger partial charge in [-0.1, -0.05) is 30.3 Å². The number of nitrogens with one attached hydrogen (secondary N) is 1. The highest BCUT2D eigenvalue weighted by molar-refractivity contribution is 5.94. The Morgan fingerprint density at radius 2 is 2.00 bits per heavy atom. The van der Waals surface area contributed by atoms with E-state index in [1.165, 1.54) is 5.56 Å². The maximum Gasteiger partial charge on any atom is 0.255 e. The number of benzene rings is 1. The van der Waals surface area contributed by atoms with Crippen LogP contribution in [0.1, 0.15) is 46.7 Å². The van der Waals surface area contributed by atoms with E-state index in [4.69, 9.17) is 4.42 Å². The summed E-state index contributed by atoms with van der Waals surface area (Å²) in [6, 6.07) is 16.3. The molecule has 0 saturated carbocycles. The van der Waals surface area contributed by atoms with Gasteiger partial charge in [0.2, 0.25) is 0 Å². The number of amides is 1. The predicted octanol–water partition coefficient (Wildman–Crippen LogP) is 4.70. The molecular formula is C23H25N3O2. The Hall–Kier alpha value is -3.08. The number of carbonyl (C=O) groups excluding carboxylic acids is 1. The fraction of sp³-hybridized carbons (Fsp3) is 0.304. The highest BCUT2D eigenvalue weighted by Gasteiger charge is 2.22. The molecule has 1 atom stereocenters. The molecule has 3 heterocycles. The molecule has 1 N–H and O–H groups in total. The Labute approximate surface area is 165 Å². The lowest BCUT2D eigenvalue weighted by Crippen LogP contribution is -2.32. The Kier molecular flexibility index (Phi) is 5.71. The molecule has 5 nitrogen and oxygen atoms in total. The lowest BCUT2D eigenvalue weighted by molar-refractivity contribution is 0.0760. The van der Waals surface area contributed by atoms with Gasteiger partial charge < -0.3 is 14.6 Å². The molecule has 1 aliphatic heterocycles. The monoisotopic (exact) mass is 375 g/mol. The Balaban J connectivity index is 1.34. The van der Waals surface area contributed by atoms with Crippen molar-refractivity contribution in [3.63, 3.8) is 0 Å². The number of nitrogens with zero attached hydrogens (tertiary/aromatic N) is 2. The number of anilines is 1. The zero-order valence-electron chi connectivity index (χ0n) is 15.9. The van der Waals surface area contributed by atoms with Gasteiger partial charge in [-0.25, -0.2) is 4.98 Å². The van der Waals surface area contributed by atoms with Crippen molar-refractivity contribution in [2.45, 2.75) is 31.7 Å². The third kappa shape index (κ3) is 4.42. The SMILES string of the molecule is O=C(c1ccc(NCc2ccoc2)nc1)N1CCC[C@@H](c2ccccc2)CC1. The van der Waals surface area contributed by atoms with Crippen LogP contribution in [-0.2, 0) is 6.54 Å². The van der Waals surface area contributed by atoms with Crippen LogP contribution in [0.3, 0.4) is 0 Å². The summed E-state index contributed by atoms with van der Waals surface area (Å²) in [6.45, 7) is 2.24. The van der Waals surface area contributed by atoms with Crippen LogP contribution in [-0.4, -0.2) is 28.9 Å². The molecule has 28 heavy (non-hydrogen) atoms. The van der Waals surface area contributed by atoms with Gasteiger partial charge in [-0.2, -0.15) is 0 Å². The minimum Gasteiger partial charge on any atom is -0.472 e. The Bertz CT molecular complexity index is 876. The number of rotatable bonds is 5. The second kappa shape index (κ2) is 8.74. The first-order chi connectivity index (χ1) is 13.8. The number of hydrogen-bond donors (Lipinski definition) is 1. The summed E-state index contributed by atoms with van der Waals surface area (Å²) >= 11 is 0. The van der Waals surface area contributed by atoms with E-state index in [0.717, 1.165) is 43.7 Å². The van der Waals surface area contributed by atoms with Gasteiger partial charge in [0.15, 0.2) is 0 Å². The number of hydrogen-bond acceptors (Lipinski definition) is 4. The first-order valence-corrected chi connectivity index (χ1v) is 9.85. The van der Waals surface area contributed by atoms with E-state index in [1.54, 1.807) is 18.7 Å². The van der Waals surface area contributed by atoms with Gasteiger partial charge in [-0.05, 0) is 48.9 Å². The molecule has 0 spiro atoms. The van der Waals surface area contributed by atoms with E-state index < -0.39 is 0 Å². The number of pyridine rings is 1. The average molecular weight is 375 g/mol. The van der Waals surface area contributed by atoms with Crippen LogP contribution in [0.15, 0.2) is 71.7 Å². The molecule has 1 aliphatic rings. The predicted molar refractivity (Wildman–Crippen MR) is 109 cm³/mol. The van der Waals surface area contributed by atoms with Gasteiger partial charge in [-0.15, -0.1) is 0 Å². The molecule has 5 heteroatoms. The Morgan fingerprint density at radius 1 is 1.11 bits per heavy atom. The minimum atomic E-state index is 0.0718. The molecule has 144 valence electrons. The molecule has 0 bridgehead atoms. The third-order valence-electron chi connectivity index (χ3n) is 5.35. The summed E-state index contributed by atoms with van der Waals surface area (Å²) in [4.78, 5) is 19.3. The molecule has 0 radical (unpaired) electrons. The lowest BCUT2D eigenvalue weighted by atomic mass is 9.92. The van der Waals surface area contributed by atoms with Gasteiger partial charge in [0, 0.05) is 31.4 Å². The smallest absolute Gasteiger partial charge is 0.255 e. The highest BCUT2D eigenvalue weighted by atomic mass is 16.3. The summed E-state index contributed by atoms with van der Waals surface area (Å²) in [6.07, 6.45) is 8.18. The molecule has 1 amide bonds. The summed E-state index contributed by atoms with van der Waals surface area (Å²) in [5, 5.41) is 3.23. The Morgan fingerprint density at radius 3 is 2.75 bits per heavy atom. The van der Waals surface area contributed by atoms with E-state index in [9.17, 15) is 4.79 Å². The first kappa shape index (κ1) is 18.3. The standard InChI is InChI=1S/C23H25N3O2/c27-23(21-8-9-22(25-16-21)24-15-18-11-14-28-17-18)26-12-4-7-20(10-13-26)19-5-2-1-3-6-19/h1-3,5-6,8-9,11,14,16-17,20H,4,7,10,12-13,15H2,(H,24,25)/t20-/m1/s1. The van der Waals surface area contributed by atoms with Gasteiger partial charge in [0.05, 0.1) is 18.1 Å². The van der Waals surface area contributed by atoms with Crippen molar-refractivity contribution in [1.82, 2.24) is 9.88 Å². The molecule has 0 unspecified atom stereocenters. The molecule has 1 aromatic carbocycles. The van der Waals surface area contributed by atoms with E-state index in [-0.39, 0.29) is 5.91 Å². The van der Waals surface area contributed by atoms with E-state index in [1.807, 2.05) is 23.1 Å². The molecule has 1 saturated heterocycles. The fourth-order valence-electron chi connectivity index (χ4n) is 3.75. The fourth-order valence-corrected chi connectivity index (χ4v) is 3.75. The summed E-state index contributed by atoms with van der Waals surface area (Å²) in [5.41, 5.74) is 3.08. The summed E-state index contributed by atoms with van der Waals surface area (Å²) in [7, 11) is 0. The van der Waals surface area contributed by atoms with Crippen LogP contribution >= 0.6 is 0 Å². The first-order valence-electron chi connectivity index (χ1n) is 9.85. The lowest BCUT2D eigenvalue weighted by Gasteiger charge is -2.21. The van der Waals surface area contributed by atoms with Crippen LogP contribution < -0.4 is 5.32 Å². The number of aromatic nitrogens is 1. The van der Waals surface area contributed by atoms with E-state index in [2.05, 4.69) is 40.6 Å². The number of likely N-dealkylation sites (tertiary alicyclic amines) is 1. The zero-order chi connectivity index (χ0) is 19.2. The second-order valence-corrected chi connectivity index (χ2v) is 7.25. The topological polar surface area (TPSA) is 58.4 Å². The summed E-state index contributed by atoms with van der Waals surface area (Å²) < 4.78 is 5.06. The maximum atomic E-state index is 12.9. The molecule has 1 fully saturated rings. The largest absolute Gasteiger partial charge is 0.472 e. The second-order valence-electron chi connectivity index (χ2n) is 7.25. The van der Waals surface area contributed by atoms with Crippen LogP contribution in [0.2, 0.25) is 0 Å². The number of furan rings is 1. The van der Waals surface area contributed by atoms with Crippen molar-refractivity contribution in [1.29, 1.82) is 0 Å². The van der Waals surface area contributed by atoms with Crippen molar-refractivity contribution in [3.05, 3.63) is 83.9 Å². The number of carbonyl (C=O) groups is 1. The van der Waals surface area contributed by atoms with Crippen molar-refractivity contribution < 1.29 is 9.21 Å². The van der Waals surface area contributed by atoms with Crippen molar-refractivity contribution in [2.75, 3.05) is 18.4 Å². The van der Waals surface area contributed by atoms with Gasteiger partial charge in [0.25, 0.3) is 5.91 Å². The highest BCUT2D eigenvalue weighted by Crippen LogP contribution is 2.28. The molecule has 0 aliphatic carbocycles. The molecule has 2 aromatic heterocycles. The average Bonchev–Trinajstić information content (AvgIpc) is 3.15. The van der Waals surface area contributed by atoms with Crippen LogP contribution in [0.25, 0.3) is 0 Å². The van der Waals surface area contributed by atoms with Crippen LogP contribution in [0.5, 0.6) is 0 Å². The van der Waals surface area contributed by atoms with Crippen molar-refractivity contribution in [2.24, 2.45) is 0 Å². The van der Waals surface area contributed by atoms with Gasteiger partial charge in [0.1, 0.15) is 5.82 Å². The van der Waals surface area contributed by atoms with Crippen molar-refractivity contribution >= 4 is 11.7 Å².